The Morgan fingerprint density at radius 1 is 1.45 bits per heavy atom. The first-order valence-corrected chi connectivity index (χ1v) is 7.38. The van der Waals surface area contributed by atoms with E-state index in [0.717, 1.165) is 29.7 Å². The van der Waals surface area contributed by atoms with Gasteiger partial charge in [0.25, 0.3) is 0 Å². The summed E-state index contributed by atoms with van der Waals surface area (Å²) in [5.74, 6) is 0.201. The number of aryl methyl sites for hydroxylation is 1. The predicted molar refractivity (Wildman–Crippen MR) is 75.5 cm³/mol. The Hall–Kier alpha value is -1.42. The molecule has 0 radical (unpaired) electrons. The number of ketones is 1. The molecule has 2 aliphatic rings. The molecule has 3 rings (SSSR count). The van der Waals surface area contributed by atoms with Crippen molar-refractivity contribution in [3.05, 3.63) is 28.0 Å². The third kappa shape index (κ3) is 2.70. The lowest BCUT2D eigenvalue weighted by molar-refractivity contribution is -0.136. The van der Waals surface area contributed by atoms with Gasteiger partial charge in [0.05, 0.1) is 6.42 Å². The average Bonchev–Trinajstić information content (AvgIpc) is 3.22. The number of fused-ring (bicyclic) bond motifs is 1. The van der Waals surface area contributed by atoms with Gasteiger partial charge >= 0.3 is 0 Å². The Balaban J connectivity index is 1.71. The molecule has 0 bridgehead atoms. The minimum absolute atomic E-state index is 0.0538. The molecular formula is C15H17ClN2O2. The molecule has 0 atom stereocenters. The summed E-state index contributed by atoms with van der Waals surface area (Å²) in [5, 5.41) is 0.505. The lowest BCUT2D eigenvalue weighted by Crippen LogP contribution is -2.37. The third-order valence-corrected chi connectivity index (χ3v) is 4.27. The van der Waals surface area contributed by atoms with Gasteiger partial charge in [-0.2, -0.15) is 0 Å². The Morgan fingerprint density at radius 3 is 2.90 bits per heavy atom. The number of pyridine rings is 1. The smallest absolute Gasteiger partial charge is 0.230 e. The van der Waals surface area contributed by atoms with Crippen molar-refractivity contribution in [1.82, 2.24) is 9.88 Å². The van der Waals surface area contributed by atoms with Crippen LogP contribution in [0.25, 0.3) is 0 Å². The van der Waals surface area contributed by atoms with E-state index in [4.69, 9.17) is 11.6 Å². The molecule has 0 spiro atoms. The van der Waals surface area contributed by atoms with E-state index in [1.807, 2.05) is 13.0 Å². The first kappa shape index (κ1) is 13.6. The van der Waals surface area contributed by atoms with Gasteiger partial charge in [-0.25, -0.2) is 4.98 Å². The molecule has 1 aromatic heterocycles. The van der Waals surface area contributed by atoms with Gasteiger partial charge in [0.2, 0.25) is 5.91 Å². The topological polar surface area (TPSA) is 50.3 Å². The molecule has 0 unspecified atom stereocenters. The van der Waals surface area contributed by atoms with E-state index in [9.17, 15) is 9.59 Å². The summed E-state index contributed by atoms with van der Waals surface area (Å²) in [6.07, 6.45) is 2.67. The number of halogens is 1. The van der Waals surface area contributed by atoms with Crippen LogP contribution in [0.2, 0.25) is 5.15 Å². The van der Waals surface area contributed by atoms with Crippen LogP contribution in [0.4, 0.5) is 0 Å². The summed E-state index contributed by atoms with van der Waals surface area (Å²) in [7, 11) is 0. The average molecular weight is 293 g/mol. The molecule has 1 saturated carbocycles. The zero-order valence-corrected chi connectivity index (χ0v) is 12.2. The minimum atomic E-state index is -0.0538. The Bertz CT molecular complexity index is 581. The van der Waals surface area contributed by atoms with Crippen molar-refractivity contribution in [3.8, 4) is 0 Å². The van der Waals surface area contributed by atoms with Gasteiger partial charge in [-0.3, -0.25) is 9.59 Å². The van der Waals surface area contributed by atoms with Crippen LogP contribution < -0.4 is 0 Å². The Labute approximate surface area is 123 Å². The predicted octanol–water partition coefficient (Wildman–Crippen LogP) is 2.30. The van der Waals surface area contributed by atoms with Crippen LogP contribution in [0.1, 0.15) is 36.1 Å². The molecule has 1 aliphatic heterocycles. The van der Waals surface area contributed by atoms with Gasteiger partial charge in [0.1, 0.15) is 10.9 Å². The summed E-state index contributed by atoms with van der Waals surface area (Å²) < 4.78 is 0. The summed E-state index contributed by atoms with van der Waals surface area (Å²) in [5.41, 5.74) is 3.12. The summed E-state index contributed by atoms with van der Waals surface area (Å²) in [6, 6.07) is 1.82. The molecule has 4 nitrogen and oxygen atoms in total. The SMILES string of the molecule is Cc1cc(Cl)nc2c1CN(C(=O)CC(=O)C1CC1)CC2. The van der Waals surface area contributed by atoms with Crippen molar-refractivity contribution >= 4 is 23.3 Å². The fraction of sp³-hybridized carbons (Fsp3) is 0.533. The van der Waals surface area contributed by atoms with Crippen LogP contribution in [0, 0.1) is 12.8 Å². The molecule has 20 heavy (non-hydrogen) atoms. The van der Waals surface area contributed by atoms with Crippen molar-refractivity contribution in [3.63, 3.8) is 0 Å². The molecule has 106 valence electrons. The lowest BCUT2D eigenvalue weighted by atomic mass is 10.0. The van der Waals surface area contributed by atoms with Crippen LogP contribution in [0.3, 0.4) is 0 Å². The van der Waals surface area contributed by atoms with E-state index in [2.05, 4.69) is 4.98 Å². The number of carbonyl (C=O) groups is 2. The normalized spacial score (nSPS) is 17.8. The maximum Gasteiger partial charge on any atom is 0.230 e. The first-order chi connectivity index (χ1) is 9.54. The first-order valence-electron chi connectivity index (χ1n) is 7.00. The molecule has 1 amide bonds. The molecule has 5 heteroatoms. The van der Waals surface area contributed by atoms with Gasteiger partial charge in [-0.05, 0) is 37.0 Å². The molecule has 1 aliphatic carbocycles. The van der Waals surface area contributed by atoms with Crippen LogP contribution >= 0.6 is 11.6 Å². The van der Waals surface area contributed by atoms with Crippen LogP contribution in [-0.4, -0.2) is 28.1 Å². The van der Waals surface area contributed by atoms with Crippen LogP contribution in [0.15, 0.2) is 6.07 Å². The van der Waals surface area contributed by atoms with E-state index < -0.39 is 0 Å². The zero-order chi connectivity index (χ0) is 14.3. The number of aromatic nitrogens is 1. The summed E-state index contributed by atoms with van der Waals surface area (Å²) in [4.78, 5) is 30.0. The van der Waals surface area contributed by atoms with Gasteiger partial charge < -0.3 is 4.90 Å². The maximum atomic E-state index is 12.2. The van der Waals surface area contributed by atoms with Crippen molar-refractivity contribution in [2.75, 3.05) is 6.54 Å². The molecule has 0 saturated heterocycles. The highest BCUT2D eigenvalue weighted by Crippen LogP contribution is 2.31. The van der Waals surface area contributed by atoms with Gasteiger partial charge in [-0.1, -0.05) is 11.6 Å². The molecule has 0 N–H and O–H groups in total. The fourth-order valence-electron chi connectivity index (χ4n) is 2.68. The minimum Gasteiger partial charge on any atom is -0.338 e. The molecule has 2 heterocycles. The van der Waals surface area contributed by atoms with E-state index in [-0.39, 0.29) is 24.0 Å². The van der Waals surface area contributed by atoms with E-state index in [0.29, 0.717) is 24.7 Å². The number of rotatable bonds is 3. The van der Waals surface area contributed by atoms with E-state index >= 15 is 0 Å². The number of amides is 1. The van der Waals surface area contributed by atoms with Gasteiger partial charge in [-0.15, -0.1) is 0 Å². The highest BCUT2D eigenvalue weighted by atomic mass is 35.5. The number of hydrogen-bond acceptors (Lipinski definition) is 3. The Kier molecular flexibility index (Phi) is 3.50. The third-order valence-electron chi connectivity index (χ3n) is 4.08. The van der Waals surface area contributed by atoms with Crippen molar-refractivity contribution in [2.24, 2.45) is 5.92 Å². The summed E-state index contributed by atoms with van der Waals surface area (Å²) in [6.45, 7) is 3.15. The standard InChI is InChI=1S/C15H17ClN2O2/c1-9-6-14(16)17-12-4-5-18(8-11(9)12)15(20)7-13(19)10-2-3-10/h6,10H,2-5,7-8H2,1H3. The lowest BCUT2D eigenvalue weighted by Gasteiger charge is -2.29. The molecule has 1 fully saturated rings. The number of Topliss-reactive ketones (excluding diaryl/α,β-unsaturated/α-hetero) is 1. The van der Waals surface area contributed by atoms with Crippen LogP contribution in [0.5, 0.6) is 0 Å². The molecule has 0 aromatic carbocycles. The van der Waals surface area contributed by atoms with Crippen LogP contribution in [-0.2, 0) is 22.6 Å². The van der Waals surface area contributed by atoms with Gasteiger partial charge in [0, 0.05) is 31.1 Å². The van der Waals surface area contributed by atoms with Crippen molar-refractivity contribution < 1.29 is 9.59 Å². The monoisotopic (exact) mass is 292 g/mol. The summed E-state index contributed by atoms with van der Waals surface area (Å²) >= 11 is 5.96. The maximum absolute atomic E-state index is 12.2. The van der Waals surface area contributed by atoms with Crippen molar-refractivity contribution in [2.45, 2.75) is 39.2 Å². The quantitative estimate of drug-likeness (QED) is 0.634. The zero-order valence-electron chi connectivity index (χ0n) is 11.5. The Morgan fingerprint density at radius 2 is 2.20 bits per heavy atom. The number of nitrogens with zero attached hydrogens (tertiary/aromatic N) is 2. The number of hydrogen-bond donors (Lipinski definition) is 0. The largest absolute Gasteiger partial charge is 0.338 e. The highest BCUT2D eigenvalue weighted by Gasteiger charge is 2.32. The van der Waals surface area contributed by atoms with Crippen molar-refractivity contribution in [1.29, 1.82) is 0 Å². The van der Waals surface area contributed by atoms with Gasteiger partial charge in [0.15, 0.2) is 0 Å². The second-order valence-electron chi connectivity index (χ2n) is 5.67. The van der Waals surface area contributed by atoms with E-state index in [1.165, 1.54) is 0 Å². The highest BCUT2D eigenvalue weighted by molar-refractivity contribution is 6.29. The molecular weight excluding hydrogens is 276 g/mol. The molecule has 1 aromatic rings. The number of carbonyl (C=O) groups excluding carboxylic acids is 2. The fourth-order valence-corrected chi connectivity index (χ4v) is 2.94. The van der Waals surface area contributed by atoms with E-state index in [1.54, 1.807) is 4.90 Å². The second-order valence-corrected chi connectivity index (χ2v) is 6.06. The second kappa shape index (κ2) is 5.17.